The molecule has 0 aromatic carbocycles. The molecule has 0 saturated carbocycles. The van der Waals surface area contributed by atoms with Crippen LogP contribution in [0.4, 0.5) is 0 Å². The van der Waals surface area contributed by atoms with Crippen LogP contribution in [0.2, 0.25) is 5.15 Å². The van der Waals surface area contributed by atoms with E-state index < -0.39 is 0 Å². The average Bonchev–Trinajstić information content (AvgIpc) is 2.58. The molecule has 4 atom stereocenters. The molecule has 17 heavy (non-hydrogen) atoms. The van der Waals surface area contributed by atoms with Gasteiger partial charge in [-0.05, 0) is 24.5 Å². The van der Waals surface area contributed by atoms with Gasteiger partial charge in [-0.15, -0.1) is 0 Å². The van der Waals surface area contributed by atoms with Crippen molar-refractivity contribution in [3.05, 3.63) is 28.5 Å². The van der Waals surface area contributed by atoms with E-state index in [4.69, 9.17) is 11.6 Å². The van der Waals surface area contributed by atoms with Gasteiger partial charge in [0.1, 0.15) is 10.9 Å². The summed E-state index contributed by atoms with van der Waals surface area (Å²) in [4.78, 5) is 19.1. The van der Waals surface area contributed by atoms with Crippen molar-refractivity contribution in [2.45, 2.75) is 43.8 Å². The summed E-state index contributed by atoms with van der Waals surface area (Å²) >= 11 is 5.94. The number of nitrogens with zero attached hydrogens (tertiary/aromatic N) is 2. The van der Waals surface area contributed by atoms with Crippen LogP contribution in [0.25, 0.3) is 0 Å². The Bertz CT molecular complexity index is 516. The summed E-state index contributed by atoms with van der Waals surface area (Å²) in [5.41, 5.74) is 2.14. The minimum Gasteiger partial charge on any atom is -0.299 e. The number of carbonyl (C=O) groups excluding carboxylic acids is 1. The highest BCUT2D eigenvalue weighted by Gasteiger charge is 2.50. The van der Waals surface area contributed by atoms with Crippen LogP contribution in [-0.2, 0) is 11.3 Å². The summed E-state index contributed by atoms with van der Waals surface area (Å²) in [6.45, 7) is 0.870. The van der Waals surface area contributed by atoms with Crippen LogP contribution < -0.4 is 0 Å². The standard InChI is InChI=1S/C13H13ClN2O/c14-12-4-2-8-9(15-12)6-16-7-1-3-10(16)13(8)11(17)5-7/h2,4,7,10,13H,1,3,5-6H2. The van der Waals surface area contributed by atoms with Gasteiger partial charge in [-0.2, -0.15) is 0 Å². The number of carbonyl (C=O) groups is 1. The van der Waals surface area contributed by atoms with Crippen molar-refractivity contribution in [3.8, 4) is 0 Å². The van der Waals surface area contributed by atoms with Gasteiger partial charge in [0.15, 0.2) is 0 Å². The van der Waals surface area contributed by atoms with Crippen molar-refractivity contribution in [1.82, 2.24) is 9.88 Å². The predicted octanol–water partition coefficient (Wildman–Crippen LogP) is 2.14. The van der Waals surface area contributed by atoms with Crippen LogP contribution >= 0.6 is 11.6 Å². The van der Waals surface area contributed by atoms with E-state index in [-0.39, 0.29) is 5.92 Å². The first kappa shape index (κ1) is 10.0. The van der Waals surface area contributed by atoms with Gasteiger partial charge in [0.05, 0.1) is 11.6 Å². The van der Waals surface area contributed by atoms with Crippen molar-refractivity contribution >= 4 is 17.4 Å². The number of piperidine rings is 1. The molecule has 0 spiro atoms. The van der Waals surface area contributed by atoms with Crippen LogP contribution in [0.15, 0.2) is 12.1 Å². The molecule has 1 aromatic heterocycles. The SMILES string of the molecule is O=C1CC2CCC3C1c1ccc(Cl)nc1CN23. The quantitative estimate of drug-likeness (QED) is 0.660. The zero-order valence-corrected chi connectivity index (χ0v) is 10.2. The molecule has 0 N–H and O–H groups in total. The molecule has 2 saturated heterocycles. The molecule has 4 unspecified atom stereocenters. The predicted molar refractivity (Wildman–Crippen MR) is 64.0 cm³/mol. The van der Waals surface area contributed by atoms with Gasteiger partial charge in [0, 0.05) is 25.0 Å². The molecule has 4 heterocycles. The van der Waals surface area contributed by atoms with E-state index >= 15 is 0 Å². The second kappa shape index (κ2) is 3.30. The Morgan fingerprint density at radius 3 is 3.12 bits per heavy atom. The zero-order chi connectivity index (χ0) is 11.6. The van der Waals surface area contributed by atoms with E-state index in [1.165, 1.54) is 0 Å². The maximum absolute atomic E-state index is 12.2. The number of fused-ring (bicyclic) bond motifs is 2. The summed E-state index contributed by atoms with van der Waals surface area (Å²) < 4.78 is 0. The summed E-state index contributed by atoms with van der Waals surface area (Å²) in [6.07, 6.45) is 3.04. The van der Waals surface area contributed by atoms with Crippen LogP contribution in [0, 0.1) is 0 Å². The number of hydrogen-bond donors (Lipinski definition) is 0. The molecule has 3 aliphatic heterocycles. The highest BCUT2D eigenvalue weighted by atomic mass is 35.5. The number of pyridine rings is 1. The molecule has 4 heteroatoms. The van der Waals surface area contributed by atoms with Gasteiger partial charge in [-0.25, -0.2) is 4.98 Å². The molecule has 4 rings (SSSR count). The molecule has 2 fully saturated rings. The number of rotatable bonds is 0. The monoisotopic (exact) mass is 248 g/mol. The lowest BCUT2D eigenvalue weighted by Gasteiger charge is -2.43. The highest BCUT2D eigenvalue weighted by molar-refractivity contribution is 6.29. The normalized spacial score (nSPS) is 38.1. The third-order valence-electron chi connectivity index (χ3n) is 4.50. The van der Waals surface area contributed by atoms with E-state index in [0.29, 0.717) is 23.0 Å². The number of aromatic nitrogens is 1. The van der Waals surface area contributed by atoms with Crippen molar-refractivity contribution in [3.63, 3.8) is 0 Å². The van der Waals surface area contributed by atoms with Crippen molar-refractivity contribution < 1.29 is 4.79 Å². The zero-order valence-electron chi connectivity index (χ0n) is 9.40. The summed E-state index contributed by atoms with van der Waals surface area (Å²) in [5.74, 6) is 0.459. The largest absolute Gasteiger partial charge is 0.299 e. The molecular weight excluding hydrogens is 236 g/mol. The Kier molecular flexibility index (Phi) is 1.95. The minimum atomic E-state index is 0.0577. The van der Waals surface area contributed by atoms with Gasteiger partial charge >= 0.3 is 0 Å². The maximum atomic E-state index is 12.2. The van der Waals surface area contributed by atoms with Gasteiger partial charge in [0.2, 0.25) is 0 Å². The summed E-state index contributed by atoms with van der Waals surface area (Å²) in [5, 5.41) is 0.532. The van der Waals surface area contributed by atoms with Crippen molar-refractivity contribution in [2.24, 2.45) is 0 Å². The van der Waals surface area contributed by atoms with E-state index in [1.54, 1.807) is 0 Å². The van der Waals surface area contributed by atoms with Crippen molar-refractivity contribution in [2.75, 3.05) is 0 Å². The fourth-order valence-corrected chi connectivity index (χ4v) is 3.98. The first-order valence-electron chi connectivity index (χ1n) is 6.18. The van der Waals surface area contributed by atoms with Gasteiger partial charge in [0.25, 0.3) is 0 Å². The molecule has 4 bridgehead atoms. The third kappa shape index (κ3) is 1.27. The van der Waals surface area contributed by atoms with Crippen LogP contribution in [0.1, 0.15) is 36.4 Å². The molecule has 3 nitrogen and oxygen atoms in total. The average molecular weight is 249 g/mol. The van der Waals surface area contributed by atoms with E-state index in [0.717, 1.165) is 37.1 Å². The second-order valence-corrected chi connectivity index (χ2v) is 5.68. The molecule has 88 valence electrons. The lowest BCUT2D eigenvalue weighted by atomic mass is 9.79. The second-order valence-electron chi connectivity index (χ2n) is 5.29. The summed E-state index contributed by atoms with van der Waals surface area (Å²) in [6, 6.07) is 4.70. The first-order valence-corrected chi connectivity index (χ1v) is 6.55. The van der Waals surface area contributed by atoms with Gasteiger partial charge < -0.3 is 0 Å². The fourth-order valence-electron chi connectivity index (χ4n) is 3.81. The number of hydrogen-bond acceptors (Lipinski definition) is 3. The third-order valence-corrected chi connectivity index (χ3v) is 4.71. The lowest BCUT2D eigenvalue weighted by Crippen LogP contribution is -2.51. The van der Waals surface area contributed by atoms with Crippen molar-refractivity contribution in [1.29, 1.82) is 0 Å². The summed E-state index contributed by atoms with van der Waals surface area (Å²) in [7, 11) is 0. The van der Waals surface area contributed by atoms with Crippen LogP contribution in [0.3, 0.4) is 0 Å². The number of ketones is 1. The first-order chi connectivity index (χ1) is 8.24. The fraction of sp³-hybridized carbons (Fsp3) is 0.538. The van der Waals surface area contributed by atoms with E-state index in [9.17, 15) is 4.79 Å². The van der Waals surface area contributed by atoms with Gasteiger partial charge in [-0.1, -0.05) is 17.7 Å². The Labute approximate surface area is 105 Å². The minimum absolute atomic E-state index is 0.0577. The molecule has 0 radical (unpaired) electrons. The van der Waals surface area contributed by atoms with Gasteiger partial charge in [-0.3, -0.25) is 9.69 Å². The smallest absolute Gasteiger partial charge is 0.143 e. The highest BCUT2D eigenvalue weighted by Crippen LogP contribution is 2.47. The van der Waals surface area contributed by atoms with E-state index in [1.807, 2.05) is 12.1 Å². The van der Waals surface area contributed by atoms with Crippen LogP contribution in [0.5, 0.6) is 0 Å². The maximum Gasteiger partial charge on any atom is 0.143 e. The topological polar surface area (TPSA) is 33.2 Å². The molecular formula is C13H13ClN2O. The molecule has 0 amide bonds. The Hall–Kier alpha value is -0.930. The number of Topliss-reactive ketones (excluding diaryl/α,β-unsaturated/α-hetero) is 1. The Morgan fingerprint density at radius 1 is 1.35 bits per heavy atom. The van der Waals surface area contributed by atoms with E-state index in [2.05, 4.69) is 9.88 Å². The molecule has 0 aliphatic carbocycles. The number of halogens is 1. The molecule has 3 aliphatic rings. The molecule has 1 aromatic rings. The Morgan fingerprint density at radius 2 is 2.24 bits per heavy atom. The Balaban J connectivity index is 1.90. The lowest BCUT2D eigenvalue weighted by molar-refractivity contribution is -0.126. The van der Waals surface area contributed by atoms with Crippen LogP contribution in [-0.4, -0.2) is 27.8 Å².